The van der Waals surface area contributed by atoms with Crippen LogP contribution in [0, 0.1) is 23.2 Å². The molecule has 0 radical (unpaired) electrons. The summed E-state index contributed by atoms with van der Waals surface area (Å²) in [7, 11) is 4.19. The van der Waals surface area contributed by atoms with Gasteiger partial charge in [0, 0.05) is 58.9 Å². The Morgan fingerprint density at radius 1 is 1.06 bits per heavy atom. The van der Waals surface area contributed by atoms with Gasteiger partial charge in [-0.25, -0.2) is 0 Å². The lowest BCUT2D eigenvalue weighted by Gasteiger charge is -2.63. The van der Waals surface area contributed by atoms with Gasteiger partial charge in [-0.1, -0.05) is 51.1 Å². The molecule has 1 N–H and O–H groups in total. The van der Waals surface area contributed by atoms with Gasteiger partial charge in [0.25, 0.3) is 0 Å². The highest BCUT2D eigenvalue weighted by Gasteiger charge is 2.57. The van der Waals surface area contributed by atoms with Crippen molar-refractivity contribution in [2.75, 3.05) is 55.4 Å². The summed E-state index contributed by atoms with van der Waals surface area (Å²) in [6.07, 6.45) is 2.68. The van der Waals surface area contributed by atoms with E-state index in [1.165, 1.54) is 18.4 Å². The Hall–Kier alpha value is -2.34. The van der Waals surface area contributed by atoms with Gasteiger partial charge in [0.2, 0.25) is 5.95 Å². The molecule has 1 aromatic carbocycles. The van der Waals surface area contributed by atoms with Gasteiger partial charge in [-0.2, -0.15) is 9.97 Å². The highest BCUT2D eigenvalue weighted by atomic mass is 15.3. The van der Waals surface area contributed by atoms with Gasteiger partial charge in [-0.15, -0.1) is 0 Å². The summed E-state index contributed by atoms with van der Waals surface area (Å²) in [6.45, 7) is 12.4. The topological polar surface area (TPSA) is 47.5 Å². The fourth-order valence-corrected chi connectivity index (χ4v) is 6.62. The quantitative estimate of drug-likeness (QED) is 0.709. The van der Waals surface area contributed by atoms with Crippen LogP contribution >= 0.6 is 0 Å². The molecular weight excluding hydrogens is 408 g/mol. The van der Waals surface area contributed by atoms with E-state index in [0.717, 1.165) is 62.1 Å². The van der Waals surface area contributed by atoms with Gasteiger partial charge in [0.05, 0.1) is 0 Å². The van der Waals surface area contributed by atoms with Crippen molar-refractivity contribution in [1.82, 2.24) is 14.9 Å². The van der Waals surface area contributed by atoms with Crippen LogP contribution in [0.25, 0.3) is 0 Å². The molecule has 1 aromatic heterocycles. The van der Waals surface area contributed by atoms with E-state index in [1.54, 1.807) is 0 Å². The molecule has 0 spiro atoms. The number of aromatic nitrogens is 2. The predicted molar refractivity (Wildman–Crippen MR) is 137 cm³/mol. The van der Waals surface area contributed by atoms with Crippen molar-refractivity contribution in [2.24, 2.45) is 23.2 Å². The van der Waals surface area contributed by atoms with Crippen molar-refractivity contribution in [3.05, 3.63) is 42.0 Å². The van der Waals surface area contributed by atoms with Crippen molar-refractivity contribution in [3.8, 4) is 0 Å². The standard InChI is InChI=1S/C27H40N6/c1-19-22-15-21(27(22,2)3)16-23(19)31(5)25-17-24(28-4)29-26(30-25)33-13-11-32(12-14-33)18-20-9-7-6-8-10-20/h6-10,17,19,21-23H,11-16,18H2,1-5H3,(H,28,29,30)/t19-,21+,22+,23-/m1/s1. The van der Waals surface area contributed by atoms with Gasteiger partial charge in [0.1, 0.15) is 11.6 Å². The van der Waals surface area contributed by atoms with Gasteiger partial charge < -0.3 is 15.1 Å². The third-order valence-corrected chi connectivity index (χ3v) is 9.03. The highest BCUT2D eigenvalue weighted by Crippen LogP contribution is 2.62. The molecule has 0 amide bonds. The number of hydrogen-bond acceptors (Lipinski definition) is 6. The molecule has 6 heteroatoms. The summed E-state index contributed by atoms with van der Waals surface area (Å²) in [5.41, 5.74) is 1.88. The predicted octanol–water partition coefficient (Wildman–Crippen LogP) is 4.35. The van der Waals surface area contributed by atoms with Crippen LogP contribution in [0.3, 0.4) is 0 Å². The first-order valence-electron chi connectivity index (χ1n) is 12.7. The zero-order valence-electron chi connectivity index (χ0n) is 21.0. The molecule has 4 aliphatic rings. The van der Waals surface area contributed by atoms with Gasteiger partial charge in [-0.3, -0.25) is 4.90 Å². The van der Waals surface area contributed by atoms with Crippen LogP contribution in [0.4, 0.5) is 17.6 Å². The minimum Gasteiger partial charge on any atom is -0.373 e. The second-order valence-corrected chi connectivity index (χ2v) is 11.0. The molecule has 3 aliphatic carbocycles. The maximum Gasteiger partial charge on any atom is 0.229 e. The van der Waals surface area contributed by atoms with Crippen LogP contribution in [0.15, 0.2) is 36.4 Å². The van der Waals surface area contributed by atoms with E-state index in [0.29, 0.717) is 17.4 Å². The third kappa shape index (κ3) is 4.18. The molecule has 4 fully saturated rings. The van der Waals surface area contributed by atoms with Crippen LogP contribution < -0.4 is 15.1 Å². The van der Waals surface area contributed by atoms with Crippen molar-refractivity contribution in [1.29, 1.82) is 0 Å². The Morgan fingerprint density at radius 3 is 2.42 bits per heavy atom. The first-order chi connectivity index (χ1) is 15.9. The monoisotopic (exact) mass is 448 g/mol. The third-order valence-electron chi connectivity index (χ3n) is 9.03. The maximum atomic E-state index is 5.08. The summed E-state index contributed by atoms with van der Waals surface area (Å²) >= 11 is 0. The Bertz CT molecular complexity index is 952. The second kappa shape index (κ2) is 8.79. The number of nitrogens with one attached hydrogen (secondary N) is 1. The number of hydrogen-bond donors (Lipinski definition) is 1. The molecule has 6 nitrogen and oxygen atoms in total. The molecule has 2 heterocycles. The fraction of sp³-hybridized carbons (Fsp3) is 0.630. The minimum atomic E-state index is 0.503. The summed E-state index contributed by atoms with van der Waals surface area (Å²) in [4.78, 5) is 17.2. The Morgan fingerprint density at radius 2 is 1.79 bits per heavy atom. The highest BCUT2D eigenvalue weighted by molar-refractivity contribution is 5.54. The Balaban J connectivity index is 1.28. The number of nitrogens with zero attached hydrogens (tertiary/aromatic N) is 5. The van der Waals surface area contributed by atoms with E-state index in [2.05, 4.69) is 84.2 Å². The molecule has 1 saturated heterocycles. The number of fused-ring (bicyclic) bond motifs is 2. The van der Waals surface area contributed by atoms with E-state index in [4.69, 9.17) is 9.97 Å². The molecular formula is C27H40N6. The molecule has 0 unspecified atom stereocenters. The first kappa shape index (κ1) is 22.5. The summed E-state index contributed by atoms with van der Waals surface area (Å²) in [6, 6.07) is 13.4. The zero-order valence-corrected chi connectivity index (χ0v) is 21.0. The lowest BCUT2D eigenvalue weighted by molar-refractivity contribution is -0.109. The van der Waals surface area contributed by atoms with Crippen LogP contribution in [0.5, 0.6) is 0 Å². The molecule has 2 bridgehead atoms. The molecule has 1 aliphatic heterocycles. The normalized spacial score (nSPS) is 28.8. The fourth-order valence-electron chi connectivity index (χ4n) is 6.62. The molecule has 6 rings (SSSR count). The SMILES string of the molecule is CNc1cc(N(C)[C@@H]2C[C@@H]3C[C@@H]([C@H]2C)C3(C)C)nc(N2CCN(Cc3ccccc3)CC2)n1. The summed E-state index contributed by atoms with van der Waals surface area (Å²) in [5, 5.41) is 3.27. The van der Waals surface area contributed by atoms with Crippen molar-refractivity contribution in [3.63, 3.8) is 0 Å². The van der Waals surface area contributed by atoms with E-state index in [1.807, 2.05) is 7.05 Å². The maximum absolute atomic E-state index is 5.08. The van der Waals surface area contributed by atoms with E-state index in [9.17, 15) is 0 Å². The molecule has 178 valence electrons. The number of piperazine rings is 1. The second-order valence-electron chi connectivity index (χ2n) is 11.0. The van der Waals surface area contributed by atoms with Crippen molar-refractivity contribution < 1.29 is 0 Å². The summed E-state index contributed by atoms with van der Waals surface area (Å²) < 4.78 is 0. The van der Waals surface area contributed by atoms with Crippen LogP contribution in [-0.4, -0.2) is 61.2 Å². The van der Waals surface area contributed by atoms with Crippen LogP contribution in [0.1, 0.15) is 39.2 Å². The van der Waals surface area contributed by atoms with Crippen molar-refractivity contribution in [2.45, 2.75) is 46.2 Å². The van der Waals surface area contributed by atoms with E-state index < -0.39 is 0 Å². The zero-order chi connectivity index (χ0) is 23.2. The van der Waals surface area contributed by atoms with Gasteiger partial charge >= 0.3 is 0 Å². The van der Waals surface area contributed by atoms with E-state index in [-0.39, 0.29) is 0 Å². The minimum absolute atomic E-state index is 0.503. The summed E-state index contributed by atoms with van der Waals surface area (Å²) in [5.74, 6) is 5.17. The number of anilines is 3. The Kier molecular flexibility index (Phi) is 5.98. The molecule has 2 aromatic rings. The van der Waals surface area contributed by atoms with Gasteiger partial charge in [-0.05, 0) is 41.6 Å². The first-order valence-corrected chi connectivity index (χ1v) is 12.7. The molecule has 33 heavy (non-hydrogen) atoms. The lowest BCUT2D eigenvalue weighted by atomic mass is 9.44. The van der Waals surface area contributed by atoms with Crippen LogP contribution in [-0.2, 0) is 6.54 Å². The average Bonchev–Trinajstić information content (AvgIpc) is 2.84. The Labute approximate surface area is 199 Å². The number of benzene rings is 1. The van der Waals surface area contributed by atoms with Crippen LogP contribution in [0.2, 0.25) is 0 Å². The van der Waals surface area contributed by atoms with Gasteiger partial charge in [0.15, 0.2) is 0 Å². The molecule has 4 atom stereocenters. The van der Waals surface area contributed by atoms with E-state index >= 15 is 0 Å². The smallest absolute Gasteiger partial charge is 0.229 e. The van der Waals surface area contributed by atoms with Crippen molar-refractivity contribution >= 4 is 17.6 Å². The molecule has 3 saturated carbocycles. The average molecular weight is 449 g/mol. The number of rotatable bonds is 6. The largest absolute Gasteiger partial charge is 0.373 e. The lowest BCUT2D eigenvalue weighted by Crippen LogP contribution is -2.60.